The second-order valence-electron chi connectivity index (χ2n) is 4.27. The Labute approximate surface area is 115 Å². The van der Waals surface area contributed by atoms with Gasteiger partial charge in [0.1, 0.15) is 11.5 Å². The van der Waals surface area contributed by atoms with Gasteiger partial charge in [-0.05, 0) is 37.6 Å². The molecule has 1 aromatic rings. The van der Waals surface area contributed by atoms with E-state index in [-0.39, 0.29) is 29.9 Å². The second kappa shape index (κ2) is 6.34. The number of phenols is 1. The van der Waals surface area contributed by atoms with Crippen LogP contribution in [0.15, 0.2) is 18.2 Å². The predicted molar refractivity (Wildman–Crippen MR) is 66.6 cm³/mol. The van der Waals surface area contributed by atoms with Crippen molar-refractivity contribution in [3.8, 4) is 11.5 Å². The summed E-state index contributed by atoms with van der Waals surface area (Å²) in [7, 11) is 0. The number of piperidine rings is 1. The van der Waals surface area contributed by atoms with Crippen molar-refractivity contribution in [1.82, 2.24) is 5.32 Å². The van der Waals surface area contributed by atoms with Crippen LogP contribution in [0.2, 0.25) is 0 Å². The largest absolute Gasteiger partial charge is 0.573 e. The summed E-state index contributed by atoms with van der Waals surface area (Å²) in [6.45, 7) is 0.800. The molecule has 108 valence electrons. The Bertz CT molecular complexity index is 420. The van der Waals surface area contributed by atoms with Crippen molar-refractivity contribution in [2.45, 2.75) is 31.7 Å². The zero-order chi connectivity index (χ0) is 13.2. The van der Waals surface area contributed by atoms with Crippen LogP contribution in [0.4, 0.5) is 13.2 Å². The van der Waals surface area contributed by atoms with Crippen LogP contribution in [0.1, 0.15) is 30.9 Å². The standard InChI is InChI=1S/C12H14F3NO2.ClH/c13-12(14,15)18-8-4-5-11(17)9(7-8)10-3-1-2-6-16-10;/h4-5,7,10,16-17H,1-3,6H2;1H/t10-;/m0./s1. The maximum Gasteiger partial charge on any atom is 0.573 e. The van der Waals surface area contributed by atoms with Gasteiger partial charge in [-0.15, -0.1) is 25.6 Å². The van der Waals surface area contributed by atoms with Crippen molar-refractivity contribution in [3.05, 3.63) is 23.8 Å². The van der Waals surface area contributed by atoms with E-state index in [1.54, 1.807) is 0 Å². The van der Waals surface area contributed by atoms with Crippen LogP contribution in [0.25, 0.3) is 0 Å². The lowest BCUT2D eigenvalue weighted by Crippen LogP contribution is -2.27. The molecule has 1 saturated heterocycles. The minimum Gasteiger partial charge on any atom is -0.508 e. The fraction of sp³-hybridized carbons (Fsp3) is 0.500. The molecule has 1 aliphatic heterocycles. The average molecular weight is 298 g/mol. The van der Waals surface area contributed by atoms with Crippen LogP contribution in [0.5, 0.6) is 11.5 Å². The first kappa shape index (κ1) is 15.9. The van der Waals surface area contributed by atoms with E-state index in [1.807, 2.05) is 0 Å². The lowest BCUT2D eigenvalue weighted by Gasteiger charge is -2.25. The molecule has 0 spiro atoms. The molecule has 1 atom stereocenters. The molecule has 0 aliphatic carbocycles. The molecule has 2 N–H and O–H groups in total. The summed E-state index contributed by atoms with van der Waals surface area (Å²) in [5.74, 6) is -0.313. The minimum absolute atomic E-state index is 0. The van der Waals surface area contributed by atoms with E-state index in [1.165, 1.54) is 12.1 Å². The fourth-order valence-corrected chi connectivity index (χ4v) is 2.13. The van der Waals surface area contributed by atoms with Gasteiger partial charge in [0.2, 0.25) is 0 Å². The lowest BCUT2D eigenvalue weighted by molar-refractivity contribution is -0.274. The van der Waals surface area contributed by atoms with Crippen molar-refractivity contribution in [2.75, 3.05) is 6.54 Å². The molecule has 0 aromatic heterocycles. The van der Waals surface area contributed by atoms with E-state index in [9.17, 15) is 18.3 Å². The normalized spacial score (nSPS) is 19.6. The topological polar surface area (TPSA) is 41.5 Å². The van der Waals surface area contributed by atoms with Gasteiger partial charge in [0.15, 0.2) is 0 Å². The average Bonchev–Trinajstić information content (AvgIpc) is 2.31. The monoisotopic (exact) mass is 297 g/mol. The van der Waals surface area contributed by atoms with Gasteiger partial charge < -0.3 is 15.2 Å². The molecular weight excluding hydrogens is 283 g/mol. The van der Waals surface area contributed by atoms with Crippen LogP contribution < -0.4 is 10.1 Å². The Kier molecular flexibility index (Phi) is 5.31. The Morgan fingerprint density at radius 1 is 1.26 bits per heavy atom. The highest BCUT2D eigenvalue weighted by molar-refractivity contribution is 5.85. The molecule has 0 amide bonds. The van der Waals surface area contributed by atoms with Gasteiger partial charge in [0.05, 0.1) is 0 Å². The van der Waals surface area contributed by atoms with Gasteiger partial charge in [-0.3, -0.25) is 0 Å². The fourth-order valence-electron chi connectivity index (χ4n) is 2.13. The Hall–Kier alpha value is -1.14. The number of phenolic OH excluding ortho intramolecular Hbond substituents is 1. The first-order valence-corrected chi connectivity index (χ1v) is 5.78. The number of hydrogen-bond acceptors (Lipinski definition) is 3. The lowest BCUT2D eigenvalue weighted by atomic mass is 9.96. The molecular formula is C12H15ClF3NO2. The number of benzene rings is 1. The molecule has 2 rings (SSSR count). The first-order chi connectivity index (χ1) is 8.46. The summed E-state index contributed by atoms with van der Waals surface area (Å²) >= 11 is 0. The Morgan fingerprint density at radius 2 is 2.00 bits per heavy atom. The van der Waals surface area contributed by atoms with Crippen LogP contribution >= 0.6 is 12.4 Å². The summed E-state index contributed by atoms with van der Waals surface area (Å²) in [6.07, 6.45) is -1.89. The summed E-state index contributed by atoms with van der Waals surface area (Å²) in [6, 6.07) is 3.46. The molecule has 1 fully saturated rings. The summed E-state index contributed by atoms with van der Waals surface area (Å²) in [5.41, 5.74) is 0.455. The first-order valence-electron chi connectivity index (χ1n) is 5.78. The highest BCUT2D eigenvalue weighted by atomic mass is 35.5. The summed E-state index contributed by atoms with van der Waals surface area (Å²) in [5, 5.41) is 12.9. The summed E-state index contributed by atoms with van der Waals surface area (Å²) < 4.78 is 40.2. The molecule has 1 aliphatic rings. The number of alkyl halides is 3. The second-order valence-corrected chi connectivity index (χ2v) is 4.27. The van der Waals surface area contributed by atoms with Crippen molar-refractivity contribution in [3.63, 3.8) is 0 Å². The van der Waals surface area contributed by atoms with E-state index >= 15 is 0 Å². The van der Waals surface area contributed by atoms with Gasteiger partial charge in [-0.1, -0.05) is 6.42 Å². The molecule has 3 nitrogen and oxygen atoms in total. The molecule has 0 unspecified atom stereocenters. The minimum atomic E-state index is -4.71. The van der Waals surface area contributed by atoms with Gasteiger partial charge >= 0.3 is 6.36 Å². The molecule has 7 heteroatoms. The Balaban J connectivity index is 0.00000180. The van der Waals surface area contributed by atoms with Gasteiger partial charge in [-0.2, -0.15) is 0 Å². The van der Waals surface area contributed by atoms with Crippen molar-refractivity contribution >= 4 is 12.4 Å². The SMILES string of the molecule is Cl.Oc1ccc(OC(F)(F)F)cc1[C@@H]1CCCCN1. The highest BCUT2D eigenvalue weighted by Crippen LogP contribution is 2.34. The van der Waals surface area contributed by atoms with Crippen LogP contribution in [0, 0.1) is 0 Å². The van der Waals surface area contributed by atoms with Gasteiger partial charge in [0, 0.05) is 11.6 Å². The van der Waals surface area contributed by atoms with Crippen LogP contribution in [0.3, 0.4) is 0 Å². The Morgan fingerprint density at radius 3 is 2.58 bits per heavy atom. The molecule has 0 radical (unpaired) electrons. The predicted octanol–water partition coefficient (Wildman–Crippen LogP) is 3.53. The van der Waals surface area contributed by atoms with Gasteiger partial charge in [-0.25, -0.2) is 0 Å². The van der Waals surface area contributed by atoms with Gasteiger partial charge in [0.25, 0.3) is 0 Å². The third-order valence-electron chi connectivity index (χ3n) is 2.92. The molecule has 0 bridgehead atoms. The van der Waals surface area contributed by atoms with E-state index < -0.39 is 6.36 Å². The number of nitrogens with one attached hydrogen (secondary N) is 1. The maximum absolute atomic E-state index is 12.1. The number of halogens is 4. The zero-order valence-corrected chi connectivity index (χ0v) is 10.9. The van der Waals surface area contributed by atoms with Crippen molar-refractivity contribution in [2.24, 2.45) is 0 Å². The van der Waals surface area contributed by atoms with E-state index in [2.05, 4.69) is 10.1 Å². The van der Waals surface area contributed by atoms with Crippen molar-refractivity contribution < 1.29 is 23.0 Å². The van der Waals surface area contributed by atoms with Crippen molar-refractivity contribution in [1.29, 1.82) is 0 Å². The number of rotatable bonds is 2. The maximum atomic E-state index is 12.1. The molecule has 1 heterocycles. The van der Waals surface area contributed by atoms with Crippen LogP contribution in [-0.4, -0.2) is 18.0 Å². The number of hydrogen-bond donors (Lipinski definition) is 2. The third-order valence-corrected chi connectivity index (χ3v) is 2.92. The third kappa shape index (κ3) is 4.47. The molecule has 1 aromatic carbocycles. The quantitative estimate of drug-likeness (QED) is 0.877. The zero-order valence-electron chi connectivity index (χ0n) is 10.0. The van der Waals surface area contributed by atoms with Crippen LogP contribution in [-0.2, 0) is 0 Å². The molecule has 0 saturated carbocycles. The smallest absolute Gasteiger partial charge is 0.508 e. The molecule has 19 heavy (non-hydrogen) atoms. The number of ether oxygens (including phenoxy) is 1. The van der Waals surface area contributed by atoms with E-state index in [0.29, 0.717) is 5.56 Å². The highest BCUT2D eigenvalue weighted by Gasteiger charge is 2.31. The number of aromatic hydroxyl groups is 1. The van der Waals surface area contributed by atoms with E-state index in [0.717, 1.165) is 31.9 Å². The van der Waals surface area contributed by atoms with E-state index in [4.69, 9.17) is 0 Å². The summed E-state index contributed by atoms with van der Waals surface area (Å²) in [4.78, 5) is 0.